The van der Waals surface area contributed by atoms with Crippen molar-refractivity contribution in [3.8, 4) is 0 Å². The Labute approximate surface area is 95.4 Å². The first-order valence-electron chi connectivity index (χ1n) is 5.34. The van der Waals surface area contributed by atoms with Gasteiger partial charge in [-0.2, -0.15) is 0 Å². The molecule has 1 unspecified atom stereocenters. The molecule has 0 aliphatic carbocycles. The third-order valence-electron chi connectivity index (χ3n) is 2.51. The summed E-state index contributed by atoms with van der Waals surface area (Å²) in [6.07, 6.45) is 1.65. The van der Waals surface area contributed by atoms with E-state index in [1.807, 2.05) is 0 Å². The van der Waals surface area contributed by atoms with E-state index in [0.717, 1.165) is 0 Å². The highest BCUT2D eigenvalue weighted by molar-refractivity contribution is 5.83. The van der Waals surface area contributed by atoms with Crippen LogP contribution in [0.25, 0.3) is 0 Å². The molecule has 0 aliphatic rings. The molecule has 6 heteroatoms. The molecule has 0 aromatic carbocycles. The minimum Gasteiger partial charge on any atom is -0.396 e. The minimum absolute atomic E-state index is 0.0282. The van der Waals surface area contributed by atoms with Crippen LogP contribution < -0.4 is 16.8 Å². The van der Waals surface area contributed by atoms with E-state index in [9.17, 15) is 9.59 Å². The van der Waals surface area contributed by atoms with Crippen LogP contribution >= 0.6 is 0 Å². The van der Waals surface area contributed by atoms with E-state index in [1.165, 1.54) is 0 Å². The first kappa shape index (κ1) is 15.0. The number of aliphatic hydroxyl groups is 1. The number of rotatable bonds is 8. The Morgan fingerprint density at radius 1 is 1.56 bits per heavy atom. The van der Waals surface area contributed by atoms with Gasteiger partial charge in [-0.25, -0.2) is 0 Å². The predicted octanol–water partition coefficient (Wildman–Crippen LogP) is -1.63. The van der Waals surface area contributed by atoms with Gasteiger partial charge in [-0.15, -0.1) is 0 Å². The summed E-state index contributed by atoms with van der Waals surface area (Å²) in [7, 11) is 0. The molecule has 0 saturated carbocycles. The summed E-state index contributed by atoms with van der Waals surface area (Å²) in [6, 6.07) is 0. The molecule has 0 aromatic rings. The number of hydrogen-bond acceptors (Lipinski definition) is 5. The third-order valence-corrected chi connectivity index (χ3v) is 2.51. The number of aliphatic hydroxyl groups excluding tert-OH is 1. The van der Waals surface area contributed by atoms with Gasteiger partial charge in [0.1, 0.15) is 11.8 Å². The van der Waals surface area contributed by atoms with Crippen LogP contribution in [0.3, 0.4) is 0 Å². The number of amides is 1. The second-order valence-electron chi connectivity index (χ2n) is 3.94. The molecular formula is C10H21N3O3. The number of nitrogens with two attached hydrogens (primary N) is 2. The summed E-state index contributed by atoms with van der Waals surface area (Å²) in [5.41, 5.74) is 9.80. The molecule has 0 aliphatic heterocycles. The van der Waals surface area contributed by atoms with Gasteiger partial charge in [0.05, 0.1) is 12.5 Å². The molecule has 0 rings (SSSR count). The molecule has 6 N–H and O–H groups in total. The monoisotopic (exact) mass is 231 g/mol. The molecule has 6 nitrogen and oxygen atoms in total. The predicted molar refractivity (Wildman–Crippen MR) is 60.5 cm³/mol. The summed E-state index contributed by atoms with van der Waals surface area (Å²) in [5, 5.41) is 11.4. The number of carbonyl (C=O) groups is 2. The lowest BCUT2D eigenvalue weighted by atomic mass is 9.94. The Hall–Kier alpha value is -0.980. The molecule has 0 aromatic heterocycles. The van der Waals surface area contributed by atoms with Crippen LogP contribution in [-0.2, 0) is 9.59 Å². The van der Waals surface area contributed by atoms with E-state index in [4.69, 9.17) is 16.6 Å². The zero-order valence-corrected chi connectivity index (χ0v) is 9.61. The van der Waals surface area contributed by atoms with Crippen molar-refractivity contribution < 1.29 is 14.7 Å². The van der Waals surface area contributed by atoms with Crippen molar-refractivity contribution in [3.05, 3.63) is 0 Å². The molecule has 0 spiro atoms. The van der Waals surface area contributed by atoms with E-state index in [2.05, 4.69) is 5.32 Å². The molecule has 2 atom stereocenters. The lowest BCUT2D eigenvalue weighted by Gasteiger charge is -2.28. The molecule has 0 fully saturated rings. The minimum atomic E-state index is -1.06. The Morgan fingerprint density at radius 2 is 2.19 bits per heavy atom. The van der Waals surface area contributed by atoms with Gasteiger partial charge in [0, 0.05) is 6.54 Å². The molecule has 0 saturated heterocycles. The Kier molecular flexibility index (Phi) is 6.87. The molecule has 1 amide bonds. The quantitative estimate of drug-likeness (QED) is 0.374. The zero-order valence-electron chi connectivity index (χ0n) is 9.61. The fourth-order valence-electron chi connectivity index (χ4n) is 1.22. The summed E-state index contributed by atoms with van der Waals surface area (Å²) in [6.45, 7) is 1.77. The van der Waals surface area contributed by atoms with E-state index in [-0.39, 0.29) is 19.1 Å². The number of hydrogen-bond donors (Lipinski definition) is 4. The van der Waals surface area contributed by atoms with Crippen LogP contribution in [-0.4, -0.2) is 42.5 Å². The average Bonchev–Trinajstić information content (AvgIpc) is 2.33. The highest BCUT2D eigenvalue weighted by atomic mass is 16.3. The zero-order chi connectivity index (χ0) is 12.6. The van der Waals surface area contributed by atoms with E-state index in [1.54, 1.807) is 6.92 Å². The smallest absolute Gasteiger partial charge is 0.225 e. The number of aldehydes is 1. The molecule has 16 heavy (non-hydrogen) atoms. The largest absolute Gasteiger partial charge is 0.396 e. The van der Waals surface area contributed by atoms with E-state index < -0.39 is 11.5 Å². The van der Waals surface area contributed by atoms with Gasteiger partial charge in [-0.05, 0) is 19.4 Å². The summed E-state index contributed by atoms with van der Waals surface area (Å²) in [5.74, 6) is -0.930. The maximum Gasteiger partial charge on any atom is 0.225 e. The Balaban J connectivity index is 4.53. The normalized spacial score (nSPS) is 16.2. The van der Waals surface area contributed by atoms with Crippen molar-refractivity contribution in [2.45, 2.75) is 25.3 Å². The molecular weight excluding hydrogens is 210 g/mol. The topological polar surface area (TPSA) is 118 Å². The van der Waals surface area contributed by atoms with Gasteiger partial charge >= 0.3 is 0 Å². The molecule has 0 heterocycles. The first-order valence-corrected chi connectivity index (χ1v) is 5.34. The Bertz CT molecular complexity index is 235. The van der Waals surface area contributed by atoms with Crippen molar-refractivity contribution >= 4 is 12.2 Å². The highest BCUT2D eigenvalue weighted by Crippen LogP contribution is 2.09. The van der Waals surface area contributed by atoms with Crippen LogP contribution in [0.15, 0.2) is 0 Å². The van der Waals surface area contributed by atoms with Crippen LogP contribution in [0.2, 0.25) is 0 Å². The number of nitrogens with one attached hydrogen (secondary N) is 1. The third kappa shape index (κ3) is 4.26. The average molecular weight is 231 g/mol. The first-order chi connectivity index (χ1) is 7.55. The maximum absolute atomic E-state index is 11.6. The van der Waals surface area contributed by atoms with Gasteiger partial charge in [0.15, 0.2) is 0 Å². The van der Waals surface area contributed by atoms with Gasteiger partial charge < -0.3 is 26.7 Å². The van der Waals surface area contributed by atoms with Gasteiger partial charge in [-0.3, -0.25) is 4.79 Å². The van der Waals surface area contributed by atoms with Crippen LogP contribution in [0.5, 0.6) is 0 Å². The van der Waals surface area contributed by atoms with Crippen molar-refractivity contribution in [1.29, 1.82) is 0 Å². The van der Waals surface area contributed by atoms with Gasteiger partial charge in [0.25, 0.3) is 0 Å². The lowest BCUT2D eigenvalue weighted by molar-refractivity contribution is -0.130. The van der Waals surface area contributed by atoms with Crippen molar-refractivity contribution in [3.63, 3.8) is 0 Å². The van der Waals surface area contributed by atoms with E-state index in [0.29, 0.717) is 25.7 Å². The van der Waals surface area contributed by atoms with E-state index >= 15 is 0 Å². The van der Waals surface area contributed by atoms with Crippen molar-refractivity contribution in [1.82, 2.24) is 5.32 Å². The van der Waals surface area contributed by atoms with Crippen molar-refractivity contribution in [2.75, 3.05) is 19.7 Å². The molecule has 94 valence electrons. The standard InChI is InChI=1S/C10H21N3O3/c1-8(5-14)9(16)13-10(6-12,7-15)3-2-4-11/h7-8,14H,2-6,11-12H2,1H3,(H,13,16)/t8-,10?/m0/s1. The van der Waals surface area contributed by atoms with Crippen LogP contribution in [0.1, 0.15) is 19.8 Å². The fraction of sp³-hybridized carbons (Fsp3) is 0.800. The summed E-state index contributed by atoms with van der Waals surface area (Å²) >= 11 is 0. The van der Waals surface area contributed by atoms with Crippen LogP contribution in [0, 0.1) is 5.92 Å². The number of carbonyl (C=O) groups excluding carboxylic acids is 2. The fourth-order valence-corrected chi connectivity index (χ4v) is 1.22. The Morgan fingerprint density at radius 3 is 2.56 bits per heavy atom. The van der Waals surface area contributed by atoms with Gasteiger partial charge in [0.2, 0.25) is 5.91 Å². The van der Waals surface area contributed by atoms with Gasteiger partial charge in [-0.1, -0.05) is 6.92 Å². The van der Waals surface area contributed by atoms with Crippen LogP contribution in [0.4, 0.5) is 0 Å². The molecule has 0 bridgehead atoms. The highest BCUT2D eigenvalue weighted by Gasteiger charge is 2.30. The molecule has 0 radical (unpaired) electrons. The second kappa shape index (κ2) is 7.32. The SMILES string of the molecule is C[C@@H](CO)C(=O)NC(C=O)(CN)CCCN. The lowest BCUT2D eigenvalue weighted by Crippen LogP contribution is -2.56. The summed E-state index contributed by atoms with van der Waals surface area (Å²) in [4.78, 5) is 22.6. The van der Waals surface area contributed by atoms with Crippen molar-refractivity contribution in [2.24, 2.45) is 17.4 Å². The summed E-state index contributed by atoms with van der Waals surface area (Å²) < 4.78 is 0. The maximum atomic E-state index is 11.6. The second-order valence-corrected chi connectivity index (χ2v) is 3.94.